The lowest BCUT2D eigenvalue weighted by Gasteiger charge is -2.42. The van der Waals surface area contributed by atoms with Gasteiger partial charge >= 0.3 is 18.2 Å². The second kappa shape index (κ2) is 7.11. The van der Waals surface area contributed by atoms with Crippen molar-refractivity contribution < 1.29 is 27.5 Å². The van der Waals surface area contributed by atoms with Crippen LogP contribution in [0.25, 0.3) is 0 Å². The highest BCUT2D eigenvalue weighted by Crippen LogP contribution is 2.35. The summed E-state index contributed by atoms with van der Waals surface area (Å²) in [7, 11) is 1.28. The molecule has 0 saturated carbocycles. The Labute approximate surface area is 137 Å². The number of amides is 2. The highest BCUT2D eigenvalue weighted by atomic mass is 19.4. The predicted octanol–water partition coefficient (Wildman–Crippen LogP) is 2.47. The number of hydrogen-bond acceptors (Lipinski definition) is 3. The zero-order valence-electron chi connectivity index (χ0n) is 13.2. The summed E-state index contributed by atoms with van der Waals surface area (Å²) in [5.41, 5.74) is 0.198. The number of alkyl halides is 3. The minimum atomic E-state index is -4.91. The second-order valence-electron chi connectivity index (χ2n) is 5.78. The summed E-state index contributed by atoms with van der Waals surface area (Å²) in [6.07, 6.45) is -4.50. The van der Waals surface area contributed by atoms with E-state index < -0.39 is 23.6 Å². The number of piperidine rings is 1. The first kappa shape index (κ1) is 18.1. The summed E-state index contributed by atoms with van der Waals surface area (Å²) in [4.78, 5) is 24.3. The minimum Gasteiger partial charge on any atom is -0.453 e. The molecule has 0 radical (unpaired) electrons. The number of carbonyl (C=O) groups is 2. The summed E-state index contributed by atoms with van der Waals surface area (Å²) >= 11 is 0. The highest BCUT2D eigenvalue weighted by molar-refractivity contribution is 5.81. The van der Waals surface area contributed by atoms with Crippen molar-refractivity contribution in [1.29, 1.82) is 0 Å². The van der Waals surface area contributed by atoms with Crippen molar-refractivity contribution in [3.05, 3.63) is 35.9 Å². The van der Waals surface area contributed by atoms with Gasteiger partial charge in [0.15, 0.2) is 0 Å². The van der Waals surface area contributed by atoms with Crippen molar-refractivity contribution in [2.45, 2.75) is 24.4 Å². The Bertz CT molecular complexity index is 582. The van der Waals surface area contributed by atoms with E-state index in [1.807, 2.05) is 23.5 Å². The van der Waals surface area contributed by atoms with Crippen LogP contribution in [0, 0.1) is 0 Å². The van der Waals surface area contributed by atoms with E-state index in [4.69, 9.17) is 0 Å². The molecule has 8 heteroatoms. The number of nitrogens with zero attached hydrogens (tertiary/aromatic N) is 1. The highest BCUT2D eigenvalue weighted by Gasteiger charge is 2.42. The molecule has 132 valence electrons. The Morgan fingerprint density at radius 2 is 1.79 bits per heavy atom. The quantitative estimate of drug-likeness (QED) is 0.916. The van der Waals surface area contributed by atoms with E-state index in [1.165, 1.54) is 12.0 Å². The van der Waals surface area contributed by atoms with Crippen molar-refractivity contribution in [3.8, 4) is 0 Å². The van der Waals surface area contributed by atoms with E-state index in [0.29, 0.717) is 25.9 Å². The average Bonchev–Trinajstić information content (AvgIpc) is 2.59. The lowest BCUT2D eigenvalue weighted by molar-refractivity contribution is -0.173. The first-order valence-corrected chi connectivity index (χ1v) is 7.52. The van der Waals surface area contributed by atoms with Gasteiger partial charge in [-0.2, -0.15) is 13.2 Å². The first-order chi connectivity index (χ1) is 11.3. The van der Waals surface area contributed by atoms with Crippen molar-refractivity contribution >= 4 is 12.0 Å². The molecule has 0 aromatic heterocycles. The van der Waals surface area contributed by atoms with Gasteiger partial charge in [0.2, 0.25) is 0 Å². The van der Waals surface area contributed by atoms with Gasteiger partial charge in [-0.15, -0.1) is 0 Å². The van der Waals surface area contributed by atoms with Crippen molar-refractivity contribution in [1.82, 2.24) is 10.2 Å². The zero-order valence-corrected chi connectivity index (χ0v) is 13.2. The summed E-state index contributed by atoms with van der Waals surface area (Å²) in [5, 5.41) is 1.99. The number of halogens is 3. The van der Waals surface area contributed by atoms with Crippen LogP contribution in [-0.4, -0.2) is 49.8 Å². The van der Waals surface area contributed by atoms with Crippen LogP contribution in [0.2, 0.25) is 0 Å². The second-order valence-corrected chi connectivity index (χ2v) is 5.78. The molecule has 0 aliphatic carbocycles. The standard InChI is InChI=1S/C16H19F3N2O3/c1-24-14(23)21-9-7-15(8-10-21,12-5-3-2-4-6-12)11-20-13(22)16(17,18)19/h2-6H,7-11H2,1H3,(H,20,22). The molecule has 1 aliphatic rings. The monoisotopic (exact) mass is 344 g/mol. The fourth-order valence-electron chi connectivity index (χ4n) is 2.96. The number of methoxy groups -OCH3 is 1. The van der Waals surface area contributed by atoms with Gasteiger partial charge in [0, 0.05) is 25.0 Å². The SMILES string of the molecule is COC(=O)N1CCC(CNC(=O)C(F)(F)F)(c2ccccc2)CC1. The molecule has 2 amide bonds. The van der Waals surface area contributed by atoms with Crippen LogP contribution >= 0.6 is 0 Å². The maximum atomic E-state index is 12.5. The summed E-state index contributed by atoms with van der Waals surface area (Å²) in [6.45, 7) is 0.567. The van der Waals surface area contributed by atoms with E-state index in [0.717, 1.165) is 5.56 Å². The third-order valence-corrected chi connectivity index (χ3v) is 4.38. The number of hydrogen-bond donors (Lipinski definition) is 1. The molecule has 1 aliphatic heterocycles. The number of rotatable bonds is 3. The zero-order chi connectivity index (χ0) is 17.8. The average molecular weight is 344 g/mol. The van der Waals surface area contributed by atoms with Gasteiger partial charge in [-0.05, 0) is 18.4 Å². The van der Waals surface area contributed by atoms with Crippen LogP contribution in [0.3, 0.4) is 0 Å². The van der Waals surface area contributed by atoms with Gasteiger partial charge in [-0.25, -0.2) is 4.79 Å². The van der Waals surface area contributed by atoms with Crippen LogP contribution in [-0.2, 0) is 14.9 Å². The fraction of sp³-hybridized carbons (Fsp3) is 0.500. The summed E-state index contributed by atoms with van der Waals surface area (Å²) in [6, 6.07) is 9.07. The third-order valence-electron chi connectivity index (χ3n) is 4.38. The molecule has 1 heterocycles. The molecule has 0 bridgehead atoms. The van der Waals surface area contributed by atoms with Gasteiger partial charge < -0.3 is 15.0 Å². The molecule has 24 heavy (non-hydrogen) atoms. The topological polar surface area (TPSA) is 58.6 Å². The largest absolute Gasteiger partial charge is 0.471 e. The van der Waals surface area contributed by atoms with Crippen LogP contribution in [0.5, 0.6) is 0 Å². The normalized spacial score (nSPS) is 17.2. The maximum Gasteiger partial charge on any atom is 0.471 e. The molecule has 2 rings (SSSR count). The van der Waals surface area contributed by atoms with Crippen LogP contribution in [0.4, 0.5) is 18.0 Å². The molecule has 0 unspecified atom stereocenters. The lowest BCUT2D eigenvalue weighted by atomic mass is 9.72. The Morgan fingerprint density at radius 3 is 2.29 bits per heavy atom. The number of nitrogens with one attached hydrogen (secondary N) is 1. The molecule has 1 saturated heterocycles. The molecular formula is C16H19F3N2O3. The van der Waals surface area contributed by atoms with Gasteiger partial charge in [0.05, 0.1) is 7.11 Å². The molecule has 0 spiro atoms. The summed E-state index contributed by atoms with van der Waals surface area (Å²) < 4.78 is 42.1. The number of likely N-dealkylation sites (tertiary alicyclic amines) is 1. The van der Waals surface area contributed by atoms with Crippen LogP contribution < -0.4 is 5.32 Å². The Balaban J connectivity index is 2.16. The minimum absolute atomic E-state index is 0.135. The van der Waals surface area contributed by atoms with Gasteiger partial charge in [-0.1, -0.05) is 30.3 Å². The Morgan fingerprint density at radius 1 is 1.21 bits per heavy atom. The smallest absolute Gasteiger partial charge is 0.453 e. The fourth-order valence-corrected chi connectivity index (χ4v) is 2.96. The molecule has 1 aromatic carbocycles. The Kier molecular flexibility index (Phi) is 5.36. The molecule has 1 aromatic rings. The molecule has 5 nitrogen and oxygen atoms in total. The van der Waals surface area contributed by atoms with E-state index >= 15 is 0 Å². The van der Waals surface area contributed by atoms with Crippen LogP contribution in [0.15, 0.2) is 30.3 Å². The summed E-state index contributed by atoms with van der Waals surface area (Å²) in [5.74, 6) is -1.95. The molecule has 0 atom stereocenters. The van der Waals surface area contributed by atoms with E-state index in [1.54, 1.807) is 12.1 Å². The Hall–Kier alpha value is -2.25. The van der Waals surface area contributed by atoms with Crippen molar-refractivity contribution in [3.63, 3.8) is 0 Å². The van der Waals surface area contributed by atoms with Gasteiger partial charge in [0.1, 0.15) is 0 Å². The van der Waals surface area contributed by atoms with Gasteiger partial charge in [-0.3, -0.25) is 4.79 Å². The van der Waals surface area contributed by atoms with Gasteiger partial charge in [0.25, 0.3) is 0 Å². The number of carbonyl (C=O) groups excluding carboxylic acids is 2. The molecule has 1 fully saturated rings. The maximum absolute atomic E-state index is 12.5. The number of ether oxygens (including phenoxy) is 1. The first-order valence-electron chi connectivity index (χ1n) is 7.52. The molecular weight excluding hydrogens is 325 g/mol. The van der Waals surface area contributed by atoms with E-state index in [-0.39, 0.29) is 6.54 Å². The van der Waals surface area contributed by atoms with Crippen LogP contribution in [0.1, 0.15) is 18.4 Å². The van der Waals surface area contributed by atoms with E-state index in [9.17, 15) is 22.8 Å². The lowest BCUT2D eigenvalue weighted by Crippen LogP contribution is -2.51. The van der Waals surface area contributed by atoms with Crippen molar-refractivity contribution in [2.24, 2.45) is 0 Å². The molecule has 1 N–H and O–H groups in total. The number of benzene rings is 1. The van der Waals surface area contributed by atoms with Crippen molar-refractivity contribution in [2.75, 3.05) is 26.7 Å². The predicted molar refractivity (Wildman–Crippen MR) is 80.4 cm³/mol. The third kappa shape index (κ3) is 3.98. The van der Waals surface area contributed by atoms with E-state index in [2.05, 4.69) is 4.74 Å².